The molecule has 2 rings (SSSR count). The van der Waals surface area contributed by atoms with Crippen molar-refractivity contribution < 1.29 is 9.90 Å². The Morgan fingerprint density at radius 2 is 1.78 bits per heavy atom. The van der Waals surface area contributed by atoms with Gasteiger partial charge < -0.3 is 10.4 Å². The molecule has 0 unspecified atom stereocenters. The standard InChI is InChI=1S/C13H15Br2NO2/c14-10-5-9(6-11(15)7-10)12(18)16-13(8-17)3-1-2-4-13/h5-7,17H,1-4,8H2,(H,16,18). The summed E-state index contributed by atoms with van der Waals surface area (Å²) in [7, 11) is 0. The first-order valence-corrected chi connectivity index (χ1v) is 7.53. The average molecular weight is 377 g/mol. The van der Waals surface area contributed by atoms with Gasteiger partial charge in [0.25, 0.3) is 5.91 Å². The number of halogens is 2. The van der Waals surface area contributed by atoms with Crippen LogP contribution in [-0.2, 0) is 0 Å². The van der Waals surface area contributed by atoms with Gasteiger partial charge in [-0.2, -0.15) is 0 Å². The second kappa shape index (κ2) is 5.72. The Hall–Kier alpha value is -0.390. The van der Waals surface area contributed by atoms with E-state index in [1.54, 1.807) is 12.1 Å². The highest BCUT2D eigenvalue weighted by Crippen LogP contribution is 2.30. The quantitative estimate of drug-likeness (QED) is 0.850. The summed E-state index contributed by atoms with van der Waals surface area (Å²) in [6.45, 7) is 0.00785. The summed E-state index contributed by atoms with van der Waals surface area (Å²) >= 11 is 6.73. The number of carbonyl (C=O) groups is 1. The summed E-state index contributed by atoms with van der Waals surface area (Å²) in [4.78, 5) is 12.2. The molecule has 1 aliphatic carbocycles. The van der Waals surface area contributed by atoms with Gasteiger partial charge in [-0.1, -0.05) is 44.7 Å². The van der Waals surface area contributed by atoms with Crippen molar-refractivity contribution >= 4 is 37.8 Å². The van der Waals surface area contributed by atoms with Gasteiger partial charge in [0.1, 0.15) is 0 Å². The fourth-order valence-corrected chi connectivity index (χ4v) is 3.67. The van der Waals surface area contributed by atoms with E-state index in [1.165, 1.54) is 0 Å². The maximum Gasteiger partial charge on any atom is 0.251 e. The van der Waals surface area contributed by atoms with E-state index in [-0.39, 0.29) is 12.5 Å². The average Bonchev–Trinajstić information content (AvgIpc) is 2.77. The lowest BCUT2D eigenvalue weighted by molar-refractivity contribution is 0.0838. The van der Waals surface area contributed by atoms with Crippen LogP contribution in [0.1, 0.15) is 36.0 Å². The summed E-state index contributed by atoms with van der Waals surface area (Å²) in [5.74, 6) is -0.132. The van der Waals surface area contributed by atoms with Gasteiger partial charge in [-0.15, -0.1) is 0 Å². The molecule has 1 aliphatic rings. The van der Waals surface area contributed by atoms with E-state index >= 15 is 0 Å². The molecule has 0 aromatic heterocycles. The molecule has 3 nitrogen and oxygen atoms in total. The second-order valence-electron chi connectivity index (χ2n) is 4.76. The lowest BCUT2D eigenvalue weighted by Gasteiger charge is -2.28. The number of nitrogens with one attached hydrogen (secondary N) is 1. The fourth-order valence-electron chi connectivity index (χ4n) is 2.37. The first-order valence-electron chi connectivity index (χ1n) is 5.94. The molecule has 5 heteroatoms. The Morgan fingerprint density at radius 3 is 2.28 bits per heavy atom. The molecular weight excluding hydrogens is 362 g/mol. The third kappa shape index (κ3) is 3.13. The zero-order valence-corrected chi connectivity index (χ0v) is 13.1. The number of hydrogen-bond acceptors (Lipinski definition) is 2. The number of carbonyl (C=O) groups excluding carboxylic acids is 1. The second-order valence-corrected chi connectivity index (χ2v) is 6.59. The molecule has 98 valence electrons. The zero-order chi connectivity index (χ0) is 13.2. The highest BCUT2D eigenvalue weighted by molar-refractivity contribution is 9.11. The van der Waals surface area contributed by atoms with Crippen molar-refractivity contribution in [1.29, 1.82) is 0 Å². The van der Waals surface area contributed by atoms with Crippen molar-refractivity contribution in [3.63, 3.8) is 0 Å². The van der Waals surface area contributed by atoms with E-state index in [0.29, 0.717) is 5.56 Å². The minimum absolute atomic E-state index is 0.00785. The number of hydrogen-bond donors (Lipinski definition) is 2. The van der Waals surface area contributed by atoms with Gasteiger partial charge in [0.15, 0.2) is 0 Å². The normalized spacial score (nSPS) is 17.7. The number of amides is 1. The molecule has 2 N–H and O–H groups in total. The molecule has 0 saturated heterocycles. The molecule has 1 aromatic carbocycles. The Morgan fingerprint density at radius 1 is 1.22 bits per heavy atom. The Labute approximate surface area is 123 Å². The third-order valence-corrected chi connectivity index (χ3v) is 4.28. The van der Waals surface area contributed by atoms with E-state index in [0.717, 1.165) is 34.6 Å². The van der Waals surface area contributed by atoms with Gasteiger partial charge in [0.05, 0.1) is 12.1 Å². The monoisotopic (exact) mass is 375 g/mol. The van der Waals surface area contributed by atoms with Crippen LogP contribution in [0.3, 0.4) is 0 Å². The molecule has 0 atom stereocenters. The molecular formula is C13H15Br2NO2. The topological polar surface area (TPSA) is 49.3 Å². The van der Waals surface area contributed by atoms with Crippen LogP contribution >= 0.6 is 31.9 Å². The van der Waals surface area contributed by atoms with Crippen LogP contribution in [0.4, 0.5) is 0 Å². The van der Waals surface area contributed by atoms with Crippen LogP contribution in [0, 0.1) is 0 Å². The van der Waals surface area contributed by atoms with Crippen LogP contribution in [0.25, 0.3) is 0 Å². The minimum Gasteiger partial charge on any atom is -0.394 e. The summed E-state index contributed by atoms with van der Waals surface area (Å²) in [5.41, 5.74) is 0.169. The summed E-state index contributed by atoms with van der Waals surface area (Å²) in [6.07, 6.45) is 3.82. The maximum absolute atomic E-state index is 12.2. The maximum atomic E-state index is 12.2. The van der Waals surface area contributed by atoms with Crippen molar-refractivity contribution in [3.8, 4) is 0 Å². The first kappa shape index (κ1) is 14.0. The van der Waals surface area contributed by atoms with E-state index in [9.17, 15) is 9.90 Å². The molecule has 0 radical (unpaired) electrons. The van der Waals surface area contributed by atoms with Crippen molar-refractivity contribution in [1.82, 2.24) is 5.32 Å². The zero-order valence-electron chi connectivity index (χ0n) is 9.88. The molecule has 18 heavy (non-hydrogen) atoms. The molecule has 1 amide bonds. The number of rotatable bonds is 3. The van der Waals surface area contributed by atoms with Crippen molar-refractivity contribution in [3.05, 3.63) is 32.7 Å². The molecule has 1 aromatic rings. The number of aliphatic hydroxyl groups is 1. The summed E-state index contributed by atoms with van der Waals surface area (Å²) in [5, 5.41) is 12.5. The highest BCUT2D eigenvalue weighted by Gasteiger charge is 2.34. The van der Waals surface area contributed by atoms with E-state index in [4.69, 9.17) is 0 Å². The van der Waals surface area contributed by atoms with Crippen LogP contribution in [-0.4, -0.2) is 23.2 Å². The number of benzene rings is 1. The van der Waals surface area contributed by atoms with E-state index in [2.05, 4.69) is 37.2 Å². The van der Waals surface area contributed by atoms with Gasteiger partial charge in [-0.25, -0.2) is 0 Å². The largest absolute Gasteiger partial charge is 0.394 e. The molecule has 1 saturated carbocycles. The van der Waals surface area contributed by atoms with Crippen molar-refractivity contribution in [2.24, 2.45) is 0 Å². The van der Waals surface area contributed by atoms with Gasteiger partial charge in [0, 0.05) is 14.5 Å². The predicted octanol–water partition coefficient (Wildman–Crippen LogP) is 3.25. The Balaban J connectivity index is 2.16. The molecule has 0 heterocycles. The summed E-state index contributed by atoms with van der Waals surface area (Å²) in [6, 6.07) is 5.44. The van der Waals surface area contributed by atoms with Gasteiger partial charge in [-0.3, -0.25) is 4.79 Å². The van der Waals surface area contributed by atoms with Crippen molar-refractivity contribution in [2.45, 2.75) is 31.2 Å². The van der Waals surface area contributed by atoms with Crippen molar-refractivity contribution in [2.75, 3.05) is 6.61 Å². The van der Waals surface area contributed by atoms with E-state index < -0.39 is 5.54 Å². The lowest BCUT2D eigenvalue weighted by Crippen LogP contribution is -2.49. The number of aliphatic hydroxyl groups excluding tert-OH is 1. The molecule has 0 spiro atoms. The fraction of sp³-hybridized carbons (Fsp3) is 0.462. The Bertz CT molecular complexity index is 436. The van der Waals surface area contributed by atoms with Crippen LogP contribution in [0.2, 0.25) is 0 Å². The van der Waals surface area contributed by atoms with Crippen LogP contribution < -0.4 is 5.32 Å². The van der Waals surface area contributed by atoms with Crippen LogP contribution in [0.5, 0.6) is 0 Å². The SMILES string of the molecule is O=C(NC1(CO)CCCC1)c1cc(Br)cc(Br)c1. The Kier molecular flexibility index (Phi) is 4.45. The lowest BCUT2D eigenvalue weighted by atomic mass is 9.98. The smallest absolute Gasteiger partial charge is 0.251 e. The summed E-state index contributed by atoms with van der Waals surface area (Å²) < 4.78 is 1.71. The predicted molar refractivity (Wildman–Crippen MR) is 77.6 cm³/mol. The van der Waals surface area contributed by atoms with Gasteiger partial charge >= 0.3 is 0 Å². The van der Waals surface area contributed by atoms with Gasteiger partial charge in [0.2, 0.25) is 0 Å². The third-order valence-electron chi connectivity index (χ3n) is 3.37. The molecule has 0 bridgehead atoms. The van der Waals surface area contributed by atoms with Crippen LogP contribution in [0.15, 0.2) is 27.1 Å². The highest BCUT2D eigenvalue weighted by atomic mass is 79.9. The van der Waals surface area contributed by atoms with E-state index in [1.807, 2.05) is 6.07 Å². The molecule has 0 aliphatic heterocycles. The van der Waals surface area contributed by atoms with Gasteiger partial charge in [-0.05, 0) is 31.0 Å². The first-order chi connectivity index (χ1) is 8.54. The molecule has 1 fully saturated rings. The minimum atomic E-state index is -0.425.